The minimum atomic E-state index is 0.00676. The van der Waals surface area contributed by atoms with E-state index in [1.807, 2.05) is 37.5 Å². The largest absolute Gasteiger partial charge is 0.339 e. The van der Waals surface area contributed by atoms with E-state index in [-0.39, 0.29) is 23.7 Å². The topological polar surface area (TPSA) is 52.7 Å². The van der Waals surface area contributed by atoms with Gasteiger partial charge in [0.2, 0.25) is 11.8 Å². The molecule has 5 heteroatoms. The molecule has 1 aliphatic rings. The third-order valence-corrected chi connectivity index (χ3v) is 3.52. The van der Waals surface area contributed by atoms with E-state index in [9.17, 15) is 9.59 Å². The molecule has 1 unspecified atom stereocenters. The lowest BCUT2D eigenvalue weighted by molar-refractivity contribution is -0.143. The van der Waals surface area contributed by atoms with Gasteiger partial charge in [0.25, 0.3) is 0 Å². The van der Waals surface area contributed by atoms with Gasteiger partial charge >= 0.3 is 0 Å². The Kier molecular flexibility index (Phi) is 6.28. The third kappa shape index (κ3) is 4.49. The zero-order valence-electron chi connectivity index (χ0n) is 12.6. The van der Waals surface area contributed by atoms with E-state index in [0.29, 0.717) is 26.2 Å². The van der Waals surface area contributed by atoms with Crippen LogP contribution in [0, 0.1) is 11.8 Å². The number of carbonyl (C=O) groups excluding carboxylic acids is 2. The highest BCUT2D eigenvalue weighted by molar-refractivity contribution is 5.80. The van der Waals surface area contributed by atoms with Crippen molar-refractivity contribution >= 4 is 11.8 Å². The fourth-order valence-electron chi connectivity index (χ4n) is 2.27. The molecule has 19 heavy (non-hydrogen) atoms. The highest BCUT2D eigenvalue weighted by Crippen LogP contribution is 2.10. The number of carbonyl (C=O) groups is 2. The number of nitrogens with zero attached hydrogens (tertiary/aromatic N) is 2. The van der Waals surface area contributed by atoms with Gasteiger partial charge in [-0.15, -0.1) is 0 Å². The van der Waals surface area contributed by atoms with Crippen molar-refractivity contribution < 1.29 is 9.59 Å². The predicted octanol–water partition coefficient (Wildman–Crippen LogP) is 0.559. The minimum Gasteiger partial charge on any atom is -0.339 e. The molecular weight excluding hydrogens is 242 g/mol. The Hall–Kier alpha value is -1.10. The Morgan fingerprint density at radius 3 is 1.89 bits per heavy atom. The summed E-state index contributed by atoms with van der Waals surface area (Å²) in [5.41, 5.74) is 0. The van der Waals surface area contributed by atoms with Crippen LogP contribution < -0.4 is 5.32 Å². The lowest BCUT2D eigenvalue weighted by atomic mass is 10.1. The van der Waals surface area contributed by atoms with Crippen molar-refractivity contribution in [2.24, 2.45) is 11.8 Å². The molecular formula is C14H27N3O2. The van der Waals surface area contributed by atoms with E-state index >= 15 is 0 Å². The van der Waals surface area contributed by atoms with Gasteiger partial charge in [-0.25, -0.2) is 0 Å². The average molecular weight is 269 g/mol. The smallest absolute Gasteiger partial charge is 0.226 e. The maximum Gasteiger partial charge on any atom is 0.226 e. The van der Waals surface area contributed by atoms with Gasteiger partial charge in [-0.2, -0.15) is 0 Å². The van der Waals surface area contributed by atoms with Crippen LogP contribution in [0.1, 0.15) is 27.7 Å². The van der Waals surface area contributed by atoms with Gasteiger partial charge in [-0.1, -0.05) is 27.7 Å². The van der Waals surface area contributed by atoms with E-state index in [0.717, 1.165) is 13.1 Å². The lowest BCUT2D eigenvalue weighted by Crippen LogP contribution is -2.53. The number of rotatable bonds is 5. The summed E-state index contributed by atoms with van der Waals surface area (Å²) in [5, 5.41) is 3.20. The second-order valence-corrected chi connectivity index (χ2v) is 5.51. The molecule has 1 aliphatic heterocycles. The first-order valence-electron chi connectivity index (χ1n) is 7.25. The quantitative estimate of drug-likeness (QED) is 0.793. The number of hydrogen-bond donors (Lipinski definition) is 1. The summed E-state index contributed by atoms with van der Waals surface area (Å²) in [6, 6.07) is 0. The van der Waals surface area contributed by atoms with Crippen molar-refractivity contribution in [1.82, 2.24) is 15.1 Å². The van der Waals surface area contributed by atoms with Crippen LogP contribution in [0.3, 0.4) is 0 Å². The molecule has 1 heterocycles. The molecule has 0 saturated carbocycles. The maximum absolute atomic E-state index is 12.2. The van der Waals surface area contributed by atoms with Crippen LogP contribution >= 0.6 is 0 Å². The first kappa shape index (κ1) is 16.0. The Morgan fingerprint density at radius 1 is 1.00 bits per heavy atom. The monoisotopic (exact) mass is 269 g/mol. The van der Waals surface area contributed by atoms with Gasteiger partial charge in [0, 0.05) is 44.6 Å². The Morgan fingerprint density at radius 2 is 1.47 bits per heavy atom. The number of piperazine rings is 1. The molecule has 1 N–H and O–H groups in total. The minimum absolute atomic E-state index is 0.00676. The molecule has 0 radical (unpaired) electrons. The fourth-order valence-corrected chi connectivity index (χ4v) is 2.27. The molecule has 0 spiro atoms. The zero-order valence-corrected chi connectivity index (χ0v) is 12.6. The second-order valence-electron chi connectivity index (χ2n) is 5.51. The summed E-state index contributed by atoms with van der Waals surface area (Å²) < 4.78 is 0. The number of nitrogens with one attached hydrogen (secondary N) is 1. The van der Waals surface area contributed by atoms with Gasteiger partial charge in [0.05, 0.1) is 0 Å². The van der Waals surface area contributed by atoms with Crippen LogP contribution in [0.5, 0.6) is 0 Å². The lowest BCUT2D eigenvalue weighted by Gasteiger charge is -2.36. The van der Waals surface area contributed by atoms with E-state index in [2.05, 4.69) is 5.32 Å². The number of hydrogen-bond acceptors (Lipinski definition) is 3. The molecule has 1 rings (SSSR count). The van der Waals surface area contributed by atoms with Crippen LogP contribution in [0.15, 0.2) is 0 Å². The molecule has 5 nitrogen and oxygen atoms in total. The molecule has 2 amide bonds. The highest BCUT2D eigenvalue weighted by Gasteiger charge is 2.27. The molecule has 0 aromatic rings. The van der Waals surface area contributed by atoms with Crippen molar-refractivity contribution in [2.75, 3.05) is 39.3 Å². The van der Waals surface area contributed by atoms with E-state index in [1.54, 1.807) is 0 Å². The Bertz CT molecular complexity index is 310. The van der Waals surface area contributed by atoms with Crippen molar-refractivity contribution in [2.45, 2.75) is 27.7 Å². The van der Waals surface area contributed by atoms with Crippen LogP contribution in [0.2, 0.25) is 0 Å². The average Bonchev–Trinajstić information content (AvgIpc) is 2.43. The molecule has 1 saturated heterocycles. The first-order valence-corrected chi connectivity index (χ1v) is 7.25. The maximum atomic E-state index is 12.2. The molecule has 0 aromatic carbocycles. The van der Waals surface area contributed by atoms with Gasteiger partial charge in [0.1, 0.15) is 0 Å². The summed E-state index contributed by atoms with van der Waals surface area (Å²) in [4.78, 5) is 27.8. The van der Waals surface area contributed by atoms with E-state index < -0.39 is 0 Å². The standard InChI is InChI=1S/C14H27N3O2/c1-5-15-10-12(4)14(19)17-8-6-16(7-9-17)13(18)11(2)3/h11-12,15H,5-10H2,1-4H3. The summed E-state index contributed by atoms with van der Waals surface area (Å²) in [6.07, 6.45) is 0. The van der Waals surface area contributed by atoms with Crippen molar-refractivity contribution in [3.63, 3.8) is 0 Å². The number of amides is 2. The summed E-state index contributed by atoms with van der Waals surface area (Å²) in [6.45, 7) is 12.1. The van der Waals surface area contributed by atoms with Crippen LogP contribution in [0.25, 0.3) is 0 Å². The molecule has 1 atom stereocenters. The van der Waals surface area contributed by atoms with Crippen molar-refractivity contribution in [3.8, 4) is 0 Å². The van der Waals surface area contributed by atoms with Crippen LogP contribution in [0.4, 0.5) is 0 Å². The molecule has 0 aromatic heterocycles. The summed E-state index contributed by atoms with van der Waals surface area (Å²) in [7, 11) is 0. The predicted molar refractivity (Wildman–Crippen MR) is 75.7 cm³/mol. The highest BCUT2D eigenvalue weighted by atomic mass is 16.2. The molecule has 0 bridgehead atoms. The van der Waals surface area contributed by atoms with Crippen LogP contribution in [-0.4, -0.2) is 60.9 Å². The Labute approximate surface area is 116 Å². The molecule has 110 valence electrons. The second kappa shape index (κ2) is 7.48. The van der Waals surface area contributed by atoms with Gasteiger partial charge < -0.3 is 15.1 Å². The van der Waals surface area contributed by atoms with Crippen molar-refractivity contribution in [3.05, 3.63) is 0 Å². The van der Waals surface area contributed by atoms with Gasteiger partial charge in [0.15, 0.2) is 0 Å². The van der Waals surface area contributed by atoms with Crippen molar-refractivity contribution in [1.29, 1.82) is 0 Å². The summed E-state index contributed by atoms with van der Waals surface area (Å²) in [5.74, 6) is 0.424. The first-order chi connectivity index (χ1) is 8.97. The van der Waals surface area contributed by atoms with E-state index in [1.165, 1.54) is 0 Å². The van der Waals surface area contributed by atoms with Gasteiger partial charge in [-0.05, 0) is 6.54 Å². The van der Waals surface area contributed by atoms with E-state index in [4.69, 9.17) is 0 Å². The normalized spacial score (nSPS) is 17.7. The zero-order chi connectivity index (χ0) is 14.4. The molecule has 0 aliphatic carbocycles. The molecule has 1 fully saturated rings. The van der Waals surface area contributed by atoms with Crippen LogP contribution in [-0.2, 0) is 9.59 Å². The Balaban J connectivity index is 2.41. The van der Waals surface area contributed by atoms with Gasteiger partial charge in [-0.3, -0.25) is 9.59 Å². The third-order valence-electron chi connectivity index (χ3n) is 3.52. The SMILES string of the molecule is CCNCC(C)C(=O)N1CCN(C(=O)C(C)C)CC1. The fraction of sp³-hybridized carbons (Fsp3) is 0.857. The summed E-state index contributed by atoms with van der Waals surface area (Å²) >= 11 is 0.